The summed E-state index contributed by atoms with van der Waals surface area (Å²) in [7, 11) is 2.12. The molecule has 1 aliphatic rings. The molecule has 0 aromatic heterocycles. The second-order valence-electron chi connectivity index (χ2n) is 5.21. The third-order valence-corrected chi connectivity index (χ3v) is 3.91. The standard InChI is InChI=1S/C14H21NO/c1-11-9-15(3)10-12(2)14(11,16)13-7-5-4-6-8-13/h4-8,11-12,16H,9-10H2,1-3H3/t11-,12-/m0/s1. The minimum atomic E-state index is -0.673. The van der Waals surface area contributed by atoms with Crippen molar-refractivity contribution in [2.75, 3.05) is 20.1 Å². The SMILES string of the molecule is C[C@H]1CN(C)C[C@H](C)C1(O)c1ccccc1. The largest absolute Gasteiger partial charge is 0.385 e. The molecule has 2 nitrogen and oxygen atoms in total. The van der Waals surface area contributed by atoms with Gasteiger partial charge in [0.05, 0.1) is 5.60 Å². The van der Waals surface area contributed by atoms with Crippen molar-refractivity contribution in [3.63, 3.8) is 0 Å². The fourth-order valence-electron chi connectivity index (χ4n) is 3.05. The van der Waals surface area contributed by atoms with Crippen molar-refractivity contribution in [3.05, 3.63) is 35.9 Å². The number of rotatable bonds is 1. The molecule has 2 atom stereocenters. The molecule has 0 aliphatic carbocycles. The van der Waals surface area contributed by atoms with Crippen LogP contribution < -0.4 is 0 Å². The molecule has 2 heteroatoms. The molecule has 16 heavy (non-hydrogen) atoms. The average molecular weight is 219 g/mol. The van der Waals surface area contributed by atoms with Gasteiger partial charge in [-0.3, -0.25) is 0 Å². The lowest BCUT2D eigenvalue weighted by atomic mass is 9.71. The van der Waals surface area contributed by atoms with Gasteiger partial charge >= 0.3 is 0 Å². The third kappa shape index (κ3) is 1.76. The first kappa shape index (κ1) is 11.6. The Morgan fingerprint density at radius 3 is 2.12 bits per heavy atom. The number of aliphatic hydroxyl groups is 1. The normalized spacial score (nSPS) is 30.2. The van der Waals surface area contributed by atoms with Crippen LogP contribution in [0.3, 0.4) is 0 Å². The van der Waals surface area contributed by atoms with Gasteiger partial charge in [-0.05, 0) is 12.6 Å². The highest BCUT2D eigenvalue weighted by Gasteiger charge is 2.44. The van der Waals surface area contributed by atoms with Gasteiger partial charge in [-0.2, -0.15) is 0 Å². The summed E-state index contributed by atoms with van der Waals surface area (Å²) in [6.45, 7) is 6.18. The topological polar surface area (TPSA) is 23.5 Å². The van der Waals surface area contributed by atoms with Gasteiger partial charge in [-0.1, -0.05) is 44.2 Å². The summed E-state index contributed by atoms with van der Waals surface area (Å²) >= 11 is 0. The predicted molar refractivity (Wildman–Crippen MR) is 66.2 cm³/mol. The lowest BCUT2D eigenvalue weighted by molar-refractivity contribution is -0.108. The van der Waals surface area contributed by atoms with Gasteiger partial charge in [-0.25, -0.2) is 0 Å². The molecule has 1 saturated heterocycles. The van der Waals surface area contributed by atoms with Crippen molar-refractivity contribution >= 4 is 0 Å². The summed E-state index contributed by atoms with van der Waals surface area (Å²) in [5, 5.41) is 11.0. The number of hydrogen-bond acceptors (Lipinski definition) is 2. The minimum Gasteiger partial charge on any atom is -0.385 e. The molecular weight excluding hydrogens is 198 g/mol. The fraction of sp³-hybridized carbons (Fsp3) is 0.571. The maximum absolute atomic E-state index is 11.0. The van der Waals surface area contributed by atoms with E-state index in [4.69, 9.17) is 0 Å². The zero-order valence-corrected chi connectivity index (χ0v) is 10.4. The van der Waals surface area contributed by atoms with E-state index in [-0.39, 0.29) is 11.8 Å². The molecule has 0 radical (unpaired) electrons. The number of piperidine rings is 1. The van der Waals surface area contributed by atoms with Crippen molar-refractivity contribution in [3.8, 4) is 0 Å². The molecule has 1 aromatic carbocycles. The average Bonchev–Trinajstić information content (AvgIpc) is 2.27. The number of likely N-dealkylation sites (tertiary alicyclic amines) is 1. The van der Waals surface area contributed by atoms with E-state index < -0.39 is 5.60 Å². The van der Waals surface area contributed by atoms with Crippen molar-refractivity contribution in [2.24, 2.45) is 11.8 Å². The highest BCUT2D eigenvalue weighted by Crippen LogP contribution is 2.40. The summed E-state index contributed by atoms with van der Waals surface area (Å²) in [5.41, 5.74) is 0.386. The van der Waals surface area contributed by atoms with Gasteiger partial charge in [0.1, 0.15) is 0 Å². The van der Waals surface area contributed by atoms with Gasteiger partial charge in [0.2, 0.25) is 0 Å². The Hall–Kier alpha value is -0.860. The third-order valence-electron chi connectivity index (χ3n) is 3.91. The van der Waals surface area contributed by atoms with Gasteiger partial charge in [0.15, 0.2) is 0 Å². The zero-order chi connectivity index (χ0) is 11.8. The molecule has 1 heterocycles. The van der Waals surface area contributed by atoms with Crippen LogP contribution in [0.2, 0.25) is 0 Å². The van der Waals surface area contributed by atoms with E-state index in [9.17, 15) is 5.11 Å². The summed E-state index contributed by atoms with van der Waals surface area (Å²) in [4.78, 5) is 2.30. The summed E-state index contributed by atoms with van der Waals surface area (Å²) in [6.07, 6.45) is 0. The molecule has 0 spiro atoms. The first-order valence-corrected chi connectivity index (χ1v) is 6.01. The zero-order valence-electron chi connectivity index (χ0n) is 10.4. The van der Waals surface area contributed by atoms with E-state index in [1.165, 1.54) is 0 Å². The van der Waals surface area contributed by atoms with E-state index in [0.717, 1.165) is 18.7 Å². The Kier molecular flexibility index (Phi) is 3.04. The van der Waals surface area contributed by atoms with Gasteiger partial charge in [0.25, 0.3) is 0 Å². The highest BCUT2D eigenvalue weighted by molar-refractivity contribution is 5.25. The van der Waals surface area contributed by atoms with Crippen LogP contribution in [0.1, 0.15) is 19.4 Å². The highest BCUT2D eigenvalue weighted by atomic mass is 16.3. The molecule has 0 unspecified atom stereocenters. The van der Waals surface area contributed by atoms with E-state index in [1.807, 2.05) is 30.3 Å². The fourth-order valence-corrected chi connectivity index (χ4v) is 3.05. The van der Waals surface area contributed by atoms with Crippen LogP contribution in [0.4, 0.5) is 0 Å². The molecule has 1 aliphatic heterocycles. The van der Waals surface area contributed by atoms with E-state index in [0.29, 0.717) is 0 Å². The number of hydrogen-bond donors (Lipinski definition) is 1. The van der Waals surface area contributed by atoms with E-state index in [1.54, 1.807) is 0 Å². The maximum Gasteiger partial charge on any atom is 0.0971 e. The Bertz CT molecular complexity index is 337. The molecule has 0 bridgehead atoms. The minimum absolute atomic E-state index is 0.267. The Morgan fingerprint density at radius 1 is 1.12 bits per heavy atom. The molecule has 1 N–H and O–H groups in total. The second-order valence-corrected chi connectivity index (χ2v) is 5.21. The van der Waals surface area contributed by atoms with Crippen LogP contribution in [-0.2, 0) is 5.60 Å². The van der Waals surface area contributed by atoms with Crippen LogP contribution in [0.15, 0.2) is 30.3 Å². The van der Waals surface area contributed by atoms with Gasteiger partial charge in [0, 0.05) is 24.9 Å². The van der Waals surface area contributed by atoms with Crippen molar-refractivity contribution in [1.29, 1.82) is 0 Å². The van der Waals surface area contributed by atoms with Crippen LogP contribution >= 0.6 is 0 Å². The molecule has 2 rings (SSSR count). The van der Waals surface area contributed by atoms with Crippen molar-refractivity contribution in [1.82, 2.24) is 4.90 Å². The van der Waals surface area contributed by atoms with Gasteiger partial charge in [-0.15, -0.1) is 0 Å². The molecule has 88 valence electrons. The van der Waals surface area contributed by atoms with Crippen LogP contribution in [0.5, 0.6) is 0 Å². The maximum atomic E-state index is 11.0. The monoisotopic (exact) mass is 219 g/mol. The number of benzene rings is 1. The smallest absolute Gasteiger partial charge is 0.0971 e. The van der Waals surface area contributed by atoms with Crippen molar-refractivity contribution < 1.29 is 5.11 Å². The van der Waals surface area contributed by atoms with E-state index >= 15 is 0 Å². The van der Waals surface area contributed by atoms with Crippen molar-refractivity contribution in [2.45, 2.75) is 19.4 Å². The molecular formula is C14H21NO. The Balaban J connectivity index is 2.36. The summed E-state index contributed by atoms with van der Waals surface area (Å²) in [5.74, 6) is 0.535. The predicted octanol–water partition coefficient (Wildman–Crippen LogP) is 2.09. The molecule has 0 amide bonds. The summed E-state index contributed by atoms with van der Waals surface area (Å²) < 4.78 is 0. The summed E-state index contributed by atoms with van der Waals surface area (Å²) in [6, 6.07) is 10.1. The Morgan fingerprint density at radius 2 is 1.62 bits per heavy atom. The molecule has 1 aromatic rings. The van der Waals surface area contributed by atoms with E-state index in [2.05, 4.69) is 25.8 Å². The van der Waals surface area contributed by atoms with Crippen LogP contribution in [-0.4, -0.2) is 30.1 Å². The number of nitrogens with zero attached hydrogens (tertiary/aromatic N) is 1. The molecule has 0 saturated carbocycles. The van der Waals surface area contributed by atoms with Crippen LogP contribution in [0.25, 0.3) is 0 Å². The lowest BCUT2D eigenvalue weighted by Gasteiger charge is -2.47. The Labute approximate surface area is 97.9 Å². The first-order chi connectivity index (χ1) is 7.55. The molecule has 1 fully saturated rings. The van der Waals surface area contributed by atoms with Gasteiger partial charge < -0.3 is 10.0 Å². The lowest BCUT2D eigenvalue weighted by Crippen LogP contribution is -2.53. The quantitative estimate of drug-likeness (QED) is 0.782. The first-order valence-electron chi connectivity index (χ1n) is 6.01. The van der Waals surface area contributed by atoms with Crippen LogP contribution in [0, 0.1) is 11.8 Å². The second kappa shape index (κ2) is 4.19.